The van der Waals surface area contributed by atoms with E-state index in [4.69, 9.17) is 18.7 Å². The van der Waals surface area contributed by atoms with Gasteiger partial charge in [0, 0.05) is 18.0 Å². The van der Waals surface area contributed by atoms with Gasteiger partial charge >= 0.3 is 0 Å². The van der Waals surface area contributed by atoms with E-state index in [-0.39, 0.29) is 23.6 Å². The number of nitrogens with one attached hydrogen (secondary N) is 1. The third kappa shape index (κ3) is 4.91. The summed E-state index contributed by atoms with van der Waals surface area (Å²) in [5.41, 5.74) is 1.12. The molecule has 1 aliphatic rings. The monoisotopic (exact) mass is 360 g/mol. The number of carbonyl (C=O) groups is 1. The molecule has 26 heavy (non-hydrogen) atoms. The average Bonchev–Trinajstić information content (AvgIpc) is 3.17. The van der Waals surface area contributed by atoms with Gasteiger partial charge in [0.2, 0.25) is 0 Å². The predicted molar refractivity (Wildman–Crippen MR) is 93.3 cm³/mol. The van der Waals surface area contributed by atoms with Crippen molar-refractivity contribution in [3.8, 4) is 0 Å². The number of hydrogen-bond donors (Lipinski definition) is 1. The van der Waals surface area contributed by atoms with Crippen LogP contribution in [0.1, 0.15) is 35.2 Å². The van der Waals surface area contributed by atoms with Gasteiger partial charge in [-0.05, 0) is 12.0 Å². The van der Waals surface area contributed by atoms with Crippen LogP contribution in [-0.2, 0) is 27.4 Å². The van der Waals surface area contributed by atoms with Crippen molar-refractivity contribution in [2.24, 2.45) is 5.41 Å². The molecule has 7 nitrogen and oxygen atoms in total. The maximum atomic E-state index is 12.3. The normalized spacial score (nSPS) is 16.3. The van der Waals surface area contributed by atoms with Crippen LogP contribution in [0.4, 0.5) is 0 Å². The first kappa shape index (κ1) is 18.6. The van der Waals surface area contributed by atoms with Gasteiger partial charge in [0.15, 0.2) is 11.5 Å². The van der Waals surface area contributed by atoms with E-state index in [1.165, 1.54) is 0 Å². The Morgan fingerprint density at radius 3 is 2.73 bits per heavy atom. The molecule has 0 unspecified atom stereocenters. The van der Waals surface area contributed by atoms with Crippen LogP contribution in [0.15, 0.2) is 40.9 Å². The number of ether oxygens (including phenoxy) is 3. The average molecular weight is 360 g/mol. The molecule has 2 heterocycles. The summed E-state index contributed by atoms with van der Waals surface area (Å²) >= 11 is 0. The minimum absolute atomic E-state index is 0.195. The summed E-state index contributed by atoms with van der Waals surface area (Å²) in [5.74, 6) is 0.238. The van der Waals surface area contributed by atoms with Crippen molar-refractivity contribution < 1.29 is 23.5 Å². The van der Waals surface area contributed by atoms with Gasteiger partial charge in [-0.15, -0.1) is 0 Å². The zero-order chi connectivity index (χ0) is 18.2. The van der Waals surface area contributed by atoms with Gasteiger partial charge < -0.3 is 24.1 Å². The lowest BCUT2D eigenvalue weighted by Crippen LogP contribution is -2.46. The molecule has 1 aromatic carbocycles. The molecule has 0 aliphatic carbocycles. The molecule has 0 bridgehead atoms. The molecular weight excluding hydrogens is 336 g/mol. The number of rotatable bonds is 8. The summed E-state index contributed by atoms with van der Waals surface area (Å²) in [4.78, 5) is 12.3. The van der Waals surface area contributed by atoms with Gasteiger partial charge in [-0.3, -0.25) is 4.79 Å². The topological polar surface area (TPSA) is 82.8 Å². The number of aromatic nitrogens is 1. The zero-order valence-corrected chi connectivity index (χ0v) is 14.9. The van der Waals surface area contributed by atoms with Crippen LogP contribution in [0.5, 0.6) is 0 Å². The van der Waals surface area contributed by atoms with Crippen molar-refractivity contribution in [3.05, 3.63) is 53.4 Å². The SMILES string of the molecule is CCC1(CNC(=O)c2cc(COCc3ccccc3)on2)COCOC1. The third-order valence-electron chi connectivity index (χ3n) is 4.50. The van der Waals surface area contributed by atoms with E-state index in [1.807, 2.05) is 30.3 Å². The molecular formula is C19H24N2O5. The molecule has 140 valence electrons. The summed E-state index contributed by atoms with van der Waals surface area (Å²) in [7, 11) is 0. The Morgan fingerprint density at radius 2 is 2.00 bits per heavy atom. The molecule has 1 N–H and O–H groups in total. The molecule has 7 heteroatoms. The van der Waals surface area contributed by atoms with Crippen molar-refractivity contribution >= 4 is 5.91 Å². The molecule has 1 saturated heterocycles. The fourth-order valence-electron chi connectivity index (χ4n) is 2.74. The van der Waals surface area contributed by atoms with E-state index in [0.29, 0.717) is 38.9 Å². The maximum Gasteiger partial charge on any atom is 0.273 e. The first-order valence-electron chi connectivity index (χ1n) is 8.72. The van der Waals surface area contributed by atoms with Crippen molar-refractivity contribution in [1.29, 1.82) is 0 Å². The van der Waals surface area contributed by atoms with E-state index in [1.54, 1.807) is 6.07 Å². The Labute approximate surface area is 152 Å². The van der Waals surface area contributed by atoms with Crippen LogP contribution in [0.2, 0.25) is 0 Å². The van der Waals surface area contributed by atoms with Crippen LogP contribution in [-0.4, -0.2) is 37.6 Å². The minimum Gasteiger partial charge on any atom is -0.369 e. The minimum atomic E-state index is -0.276. The van der Waals surface area contributed by atoms with E-state index < -0.39 is 0 Å². The molecule has 0 spiro atoms. The number of nitrogens with zero attached hydrogens (tertiary/aromatic N) is 1. The standard InChI is InChI=1S/C19H24N2O5/c1-2-19(12-24-14-25-13-19)11-20-18(22)17-8-16(26-21-17)10-23-9-15-6-4-3-5-7-15/h3-8H,2,9-14H2,1H3,(H,20,22). The van der Waals surface area contributed by atoms with E-state index in [9.17, 15) is 4.79 Å². The van der Waals surface area contributed by atoms with Crippen LogP contribution in [0.3, 0.4) is 0 Å². The first-order chi connectivity index (χ1) is 12.7. The first-order valence-corrected chi connectivity index (χ1v) is 8.72. The van der Waals surface area contributed by atoms with Crippen molar-refractivity contribution in [2.75, 3.05) is 26.6 Å². The van der Waals surface area contributed by atoms with Crippen LogP contribution < -0.4 is 5.32 Å². The zero-order valence-electron chi connectivity index (χ0n) is 14.9. The van der Waals surface area contributed by atoms with Crippen molar-refractivity contribution in [2.45, 2.75) is 26.6 Å². The number of hydrogen-bond acceptors (Lipinski definition) is 6. The van der Waals surface area contributed by atoms with E-state index >= 15 is 0 Å². The number of benzene rings is 1. The van der Waals surface area contributed by atoms with Gasteiger partial charge in [-0.25, -0.2) is 0 Å². The summed E-state index contributed by atoms with van der Waals surface area (Å²) in [6, 6.07) is 11.5. The quantitative estimate of drug-likeness (QED) is 0.779. The molecule has 1 aromatic heterocycles. The lowest BCUT2D eigenvalue weighted by molar-refractivity contribution is -0.163. The molecule has 1 amide bonds. The Bertz CT molecular complexity index is 695. The smallest absolute Gasteiger partial charge is 0.273 e. The number of amides is 1. The van der Waals surface area contributed by atoms with Crippen LogP contribution in [0.25, 0.3) is 0 Å². The highest BCUT2D eigenvalue weighted by Gasteiger charge is 2.32. The Morgan fingerprint density at radius 1 is 1.23 bits per heavy atom. The van der Waals surface area contributed by atoms with E-state index in [0.717, 1.165) is 12.0 Å². The van der Waals surface area contributed by atoms with Gasteiger partial charge in [0.05, 0.1) is 19.8 Å². The highest BCUT2D eigenvalue weighted by molar-refractivity contribution is 5.92. The highest BCUT2D eigenvalue weighted by Crippen LogP contribution is 2.25. The van der Waals surface area contributed by atoms with Gasteiger partial charge in [0.25, 0.3) is 5.91 Å². The molecule has 0 atom stereocenters. The Hall–Kier alpha value is -2.22. The summed E-state index contributed by atoms with van der Waals surface area (Å²) in [6.07, 6.45) is 0.852. The fourth-order valence-corrected chi connectivity index (χ4v) is 2.74. The Balaban J connectivity index is 1.46. The predicted octanol–water partition coefficient (Wildman–Crippen LogP) is 2.52. The second kappa shape index (κ2) is 8.93. The lowest BCUT2D eigenvalue weighted by atomic mass is 9.86. The molecule has 1 aliphatic heterocycles. The highest BCUT2D eigenvalue weighted by atomic mass is 16.7. The summed E-state index contributed by atoms with van der Waals surface area (Å²) < 4.78 is 21.5. The summed E-state index contributed by atoms with van der Waals surface area (Å²) in [5, 5.41) is 6.72. The molecule has 3 rings (SSSR count). The fraction of sp³-hybridized carbons (Fsp3) is 0.474. The Kier molecular flexibility index (Phi) is 6.38. The van der Waals surface area contributed by atoms with Crippen molar-refractivity contribution in [1.82, 2.24) is 10.5 Å². The van der Waals surface area contributed by atoms with Crippen LogP contribution >= 0.6 is 0 Å². The largest absolute Gasteiger partial charge is 0.369 e. The number of carbonyl (C=O) groups excluding carboxylic acids is 1. The molecule has 0 saturated carbocycles. The van der Waals surface area contributed by atoms with Crippen molar-refractivity contribution in [3.63, 3.8) is 0 Å². The summed E-state index contributed by atoms with van der Waals surface area (Å²) in [6.45, 7) is 4.71. The molecule has 1 fully saturated rings. The third-order valence-corrected chi connectivity index (χ3v) is 4.50. The van der Waals surface area contributed by atoms with Gasteiger partial charge in [-0.1, -0.05) is 42.4 Å². The molecule has 0 radical (unpaired) electrons. The second-order valence-electron chi connectivity index (χ2n) is 6.51. The second-order valence-corrected chi connectivity index (χ2v) is 6.51. The van der Waals surface area contributed by atoms with Crippen LogP contribution in [0, 0.1) is 5.41 Å². The van der Waals surface area contributed by atoms with Gasteiger partial charge in [0.1, 0.15) is 13.4 Å². The molecule has 2 aromatic rings. The van der Waals surface area contributed by atoms with Gasteiger partial charge in [-0.2, -0.15) is 0 Å². The van der Waals surface area contributed by atoms with E-state index in [2.05, 4.69) is 17.4 Å². The lowest BCUT2D eigenvalue weighted by Gasteiger charge is -2.35. The maximum absolute atomic E-state index is 12.3.